The highest BCUT2D eigenvalue weighted by atomic mass is 16.5. The van der Waals surface area contributed by atoms with Gasteiger partial charge in [-0.15, -0.1) is 0 Å². The van der Waals surface area contributed by atoms with Crippen molar-refractivity contribution in [2.75, 3.05) is 0 Å². The monoisotopic (exact) mass is 277 g/mol. The van der Waals surface area contributed by atoms with Gasteiger partial charge in [-0.05, 0) is 50.9 Å². The molecule has 3 rings (SSSR count). The summed E-state index contributed by atoms with van der Waals surface area (Å²) in [5.74, 6) is 3.62. The molecule has 0 saturated heterocycles. The predicted molar refractivity (Wildman–Crippen MR) is 78.5 cm³/mol. The van der Waals surface area contributed by atoms with Crippen LogP contribution in [0.25, 0.3) is 0 Å². The van der Waals surface area contributed by atoms with Crippen LogP contribution in [0.1, 0.15) is 88.3 Å². The van der Waals surface area contributed by atoms with Crippen molar-refractivity contribution in [2.24, 2.45) is 11.7 Å². The summed E-state index contributed by atoms with van der Waals surface area (Å²) in [5.41, 5.74) is 6.05. The minimum absolute atomic E-state index is 0.309. The van der Waals surface area contributed by atoms with Gasteiger partial charge in [0.1, 0.15) is 0 Å². The molecule has 4 nitrogen and oxygen atoms in total. The fraction of sp³-hybridized carbons (Fsp3) is 0.875. The number of nitrogens with two attached hydrogens (primary N) is 1. The van der Waals surface area contributed by atoms with Crippen molar-refractivity contribution in [2.45, 2.75) is 82.6 Å². The van der Waals surface area contributed by atoms with Crippen molar-refractivity contribution in [3.05, 3.63) is 11.7 Å². The van der Waals surface area contributed by atoms with Crippen LogP contribution in [0.5, 0.6) is 0 Å². The van der Waals surface area contributed by atoms with E-state index in [2.05, 4.69) is 12.1 Å². The zero-order valence-corrected chi connectivity index (χ0v) is 12.6. The van der Waals surface area contributed by atoms with Gasteiger partial charge in [-0.1, -0.05) is 24.9 Å². The van der Waals surface area contributed by atoms with Gasteiger partial charge in [0.05, 0.1) is 0 Å². The fourth-order valence-electron chi connectivity index (χ4n) is 3.86. The molecule has 0 amide bonds. The van der Waals surface area contributed by atoms with Gasteiger partial charge in [0, 0.05) is 17.9 Å². The topological polar surface area (TPSA) is 64.9 Å². The Balaban J connectivity index is 1.62. The van der Waals surface area contributed by atoms with Gasteiger partial charge in [0.2, 0.25) is 5.89 Å². The SMILES string of the molecule is CCC1CCC(c2noc(C3CCCC(N)C3)n2)CC1. The van der Waals surface area contributed by atoms with E-state index < -0.39 is 0 Å². The maximum Gasteiger partial charge on any atom is 0.229 e. The lowest BCUT2D eigenvalue weighted by Gasteiger charge is -2.25. The standard InChI is InChI=1S/C16H27N3O/c1-2-11-6-8-12(9-7-11)15-18-16(20-19-15)13-4-3-5-14(17)10-13/h11-14H,2-10,17H2,1H3. The first kappa shape index (κ1) is 14.1. The molecule has 0 bridgehead atoms. The Hall–Kier alpha value is -0.900. The van der Waals surface area contributed by atoms with Crippen LogP contribution in [0.4, 0.5) is 0 Å². The molecule has 1 aromatic rings. The Morgan fingerprint density at radius 3 is 2.60 bits per heavy atom. The second kappa shape index (κ2) is 6.25. The molecule has 20 heavy (non-hydrogen) atoms. The van der Waals surface area contributed by atoms with Gasteiger partial charge in [-0.3, -0.25) is 0 Å². The third-order valence-electron chi connectivity index (χ3n) is 5.31. The van der Waals surface area contributed by atoms with Gasteiger partial charge in [0.25, 0.3) is 0 Å². The van der Waals surface area contributed by atoms with Gasteiger partial charge >= 0.3 is 0 Å². The maximum atomic E-state index is 6.05. The van der Waals surface area contributed by atoms with Crippen molar-refractivity contribution in [3.63, 3.8) is 0 Å². The molecule has 2 fully saturated rings. The molecular weight excluding hydrogens is 250 g/mol. The largest absolute Gasteiger partial charge is 0.339 e. The van der Waals surface area contributed by atoms with Gasteiger partial charge in [-0.25, -0.2) is 0 Å². The maximum absolute atomic E-state index is 6.05. The highest BCUT2D eigenvalue weighted by Crippen LogP contribution is 2.37. The Labute approximate surface area is 121 Å². The minimum Gasteiger partial charge on any atom is -0.339 e. The second-order valence-corrected chi connectivity index (χ2v) is 6.74. The van der Waals surface area contributed by atoms with Crippen molar-refractivity contribution in [3.8, 4) is 0 Å². The third-order valence-corrected chi connectivity index (χ3v) is 5.31. The molecule has 112 valence electrons. The first-order valence-corrected chi connectivity index (χ1v) is 8.35. The van der Waals surface area contributed by atoms with E-state index in [0.29, 0.717) is 17.9 Å². The van der Waals surface area contributed by atoms with Crippen LogP contribution >= 0.6 is 0 Å². The average Bonchev–Trinajstić information content (AvgIpc) is 2.97. The molecule has 2 N–H and O–H groups in total. The Bertz CT molecular complexity index is 423. The molecule has 0 aliphatic heterocycles. The lowest BCUT2D eigenvalue weighted by molar-refractivity contribution is 0.288. The molecule has 2 aliphatic rings. The van der Waals surface area contributed by atoms with Crippen LogP contribution < -0.4 is 5.73 Å². The molecule has 1 aromatic heterocycles. The molecule has 4 heteroatoms. The number of hydrogen-bond donors (Lipinski definition) is 1. The Kier molecular flexibility index (Phi) is 4.39. The van der Waals surface area contributed by atoms with E-state index in [9.17, 15) is 0 Å². The minimum atomic E-state index is 0.309. The van der Waals surface area contributed by atoms with E-state index in [1.165, 1.54) is 38.5 Å². The summed E-state index contributed by atoms with van der Waals surface area (Å²) < 4.78 is 5.54. The zero-order chi connectivity index (χ0) is 13.9. The lowest BCUT2D eigenvalue weighted by atomic mass is 9.80. The molecule has 2 unspecified atom stereocenters. The van der Waals surface area contributed by atoms with Crippen LogP contribution in [0, 0.1) is 5.92 Å². The highest BCUT2D eigenvalue weighted by molar-refractivity contribution is 5.02. The molecule has 0 aromatic carbocycles. The number of nitrogens with zero attached hydrogens (tertiary/aromatic N) is 2. The van der Waals surface area contributed by atoms with Crippen molar-refractivity contribution >= 4 is 0 Å². The summed E-state index contributed by atoms with van der Waals surface area (Å²) in [7, 11) is 0. The fourth-order valence-corrected chi connectivity index (χ4v) is 3.86. The van der Waals surface area contributed by atoms with Crippen LogP contribution in [-0.2, 0) is 0 Å². The summed E-state index contributed by atoms with van der Waals surface area (Å²) in [6.45, 7) is 2.30. The number of aromatic nitrogens is 2. The van der Waals surface area contributed by atoms with E-state index in [4.69, 9.17) is 15.2 Å². The van der Waals surface area contributed by atoms with Crippen molar-refractivity contribution < 1.29 is 4.52 Å². The summed E-state index contributed by atoms with van der Waals surface area (Å²) in [4.78, 5) is 4.71. The first-order valence-electron chi connectivity index (χ1n) is 8.35. The van der Waals surface area contributed by atoms with Gasteiger partial charge < -0.3 is 10.3 Å². The molecular formula is C16H27N3O. The zero-order valence-electron chi connectivity index (χ0n) is 12.6. The molecule has 0 spiro atoms. The predicted octanol–water partition coefficient (Wildman–Crippen LogP) is 3.74. The van der Waals surface area contributed by atoms with Gasteiger partial charge in [-0.2, -0.15) is 4.98 Å². The van der Waals surface area contributed by atoms with Crippen LogP contribution in [0.15, 0.2) is 4.52 Å². The first-order chi connectivity index (χ1) is 9.76. The van der Waals surface area contributed by atoms with Gasteiger partial charge in [0.15, 0.2) is 5.82 Å². The summed E-state index contributed by atoms with van der Waals surface area (Å²) >= 11 is 0. The smallest absolute Gasteiger partial charge is 0.229 e. The quantitative estimate of drug-likeness (QED) is 0.914. The normalized spacial score (nSPS) is 35.1. The van der Waals surface area contributed by atoms with Crippen LogP contribution in [0.2, 0.25) is 0 Å². The van der Waals surface area contributed by atoms with E-state index in [-0.39, 0.29) is 0 Å². The van der Waals surface area contributed by atoms with E-state index in [0.717, 1.165) is 36.9 Å². The van der Waals surface area contributed by atoms with Crippen LogP contribution in [-0.4, -0.2) is 16.2 Å². The van der Waals surface area contributed by atoms with Crippen molar-refractivity contribution in [1.82, 2.24) is 10.1 Å². The Morgan fingerprint density at radius 1 is 1.10 bits per heavy atom. The summed E-state index contributed by atoms with van der Waals surface area (Å²) in [6.07, 6.45) is 10.9. The molecule has 2 atom stereocenters. The Morgan fingerprint density at radius 2 is 1.90 bits per heavy atom. The molecule has 1 heterocycles. The average molecular weight is 277 g/mol. The van der Waals surface area contributed by atoms with E-state index >= 15 is 0 Å². The summed E-state index contributed by atoms with van der Waals surface area (Å²) in [5, 5.41) is 4.26. The third kappa shape index (κ3) is 3.05. The van der Waals surface area contributed by atoms with Crippen molar-refractivity contribution in [1.29, 1.82) is 0 Å². The summed E-state index contributed by atoms with van der Waals surface area (Å²) in [6, 6.07) is 0.309. The van der Waals surface area contributed by atoms with E-state index in [1.807, 2.05) is 0 Å². The molecule has 0 radical (unpaired) electrons. The van der Waals surface area contributed by atoms with Crippen LogP contribution in [0.3, 0.4) is 0 Å². The van der Waals surface area contributed by atoms with E-state index in [1.54, 1.807) is 0 Å². The number of hydrogen-bond acceptors (Lipinski definition) is 4. The lowest BCUT2D eigenvalue weighted by Crippen LogP contribution is -2.27. The molecule has 2 saturated carbocycles. The number of rotatable bonds is 3. The molecule has 2 aliphatic carbocycles. The second-order valence-electron chi connectivity index (χ2n) is 6.74. The highest BCUT2D eigenvalue weighted by Gasteiger charge is 2.29.